The zero-order valence-corrected chi connectivity index (χ0v) is 11.2. The van der Waals surface area contributed by atoms with Gasteiger partial charge >= 0.3 is 11.9 Å². The van der Waals surface area contributed by atoms with Gasteiger partial charge in [-0.25, -0.2) is 4.79 Å². The topological polar surface area (TPSA) is 74.6 Å². The van der Waals surface area contributed by atoms with Crippen LogP contribution in [0.3, 0.4) is 0 Å². The van der Waals surface area contributed by atoms with Crippen LogP contribution < -0.4 is 0 Å². The van der Waals surface area contributed by atoms with Gasteiger partial charge in [-0.3, -0.25) is 4.79 Å². The third-order valence-electron chi connectivity index (χ3n) is 2.84. The first-order chi connectivity index (χ1) is 8.22. The molecule has 4 nitrogen and oxygen atoms in total. The molecule has 0 heterocycles. The molecule has 0 aliphatic heterocycles. The zero-order chi connectivity index (χ0) is 14.3. The van der Waals surface area contributed by atoms with Gasteiger partial charge in [0.1, 0.15) is 0 Å². The number of carboxylic acids is 2. The van der Waals surface area contributed by atoms with E-state index in [2.05, 4.69) is 0 Å². The molecule has 0 bridgehead atoms. The molecule has 0 saturated carbocycles. The fraction of sp³-hybridized carbons (Fsp3) is 0.429. The van der Waals surface area contributed by atoms with E-state index in [1.165, 1.54) is 0 Å². The van der Waals surface area contributed by atoms with E-state index < -0.39 is 17.4 Å². The predicted octanol–water partition coefficient (Wildman–Crippen LogP) is 3.20. The molecule has 100 valence electrons. The van der Waals surface area contributed by atoms with Gasteiger partial charge in [-0.05, 0) is 38.8 Å². The lowest BCUT2D eigenvalue weighted by atomic mass is 9.91. The SMILES string of the molecule is CCC(C)(C)C(=O)O.Cc1ccccc1C(=O)O. The van der Waals surface area contributed by atoms with Gasteiger partial charge in [0.25, 0.3) is 0 Å². The van der Waals surface area contributed by atoms with E-state index in [0.717, 1.165) is 5.56 Å². The smallest absolute Gasteiger partial charge is 0.335 e. The van der Waals surface area contributed by atoms with Crippen molar-refractivity contribution in [2.24, 2.45) is 5.41 Å². The van der Waals surface area contributed by atoms with E-state index >= 15 is 0 Å². The summed E-state index contributed by atoms with van der Waals surface area (Å²) in [5, 5.41) is 17.0. The highest BCUT2D eigenvalue weighted by atomic mass is 16.4. The van der Waals surface area contributed by atoms with E-state index in [4.69, 9.17) is 10.2 Å². The van der Waals surface area contributed by atoms with Gasteiger partial charge in [-0.15, -0.1) is 0 Å². The largest absolute Gasteiger partial charge is 0.481 e. The molecule has 0 radical (unpaired) electrons. The number of hydrogen-bond donors (Lipinski definition) is 2. The standard InChI is InChI=1S/C8H8O2.C6H12O2/c1-6-4-2-3-5-7(6)8(9)10;1-4-6(2,3)5(7)8/h2-5H,1H3,(H,9,10);4H2,1-3H3,(H,7,8). The Morgan fingerprint density at radius 1 is 1.17 bits per heavy atom. The number of hydrogen-bond acceptors (Lipinski definition) is 2. The lowest BCUT2D eigenvalue weighted by molar-refractivity contribution is -0.147. The van der Waals surface area contributed by atoms with Crippen molar-refractivity contribution in [2.45, 2.75) is 34.1 Å². The highest BCUT2D eigenvalue weighted by Crippen LogP contribution is 2.18. The fourth-order valence-corrected chi connectivity index (χ4v) is 0.964. The summed E-state index contributed by atoms with van der Waals surface area (Å²) in [6, 6.07) is 6.92. The van der Waals surface area contributed by atoms with Gasteiger partial charge in [0, 0.05) is 0 Å². The molecule has 0 unspecified atom stereocenters. The van der Waals surface area contributed by atoms with Crippen molar-refractivity contribution in [2.75, 3.05) is 0 Å². The molecule has 18 heavy (non-hydrogen) atoms. The van der Waals surface area contributed by atoms with E-state index in [1.807, 2.05) is 13.0 Å². The summed E-state index contributed by atoms with van der Waals surface area (Å²) >= 11 is 0. The first-order valence-corrected chi connectivity index (χ1v) is 5.74. The minimum Gasteiger partial charge on any atom is -0.481 e. The summed E-state index contributed by atoms with van der Waals surface area (Å²) < 4.78 is 0. The molecule has 2 N–H and O–H groups in total. The molecular formula is C14H20O4. The Bertz CT molecular complexity index is 422. The second kappa shape index (κ2) is 6.79. The molecule has 4 heteroatoms. The van der Waals surface area contributed by atoms with Crippen molar-refractivity contribution in [3.05, 3.63) is 35.4 Å². The van der Waals surface area contributed by atoms with Crippen LogP contribution in [0, 0.1) is 12.3 Å². The Kier molecular flexibility index (Phi) is 6.09. The zero-order valence-electron chi connectivity index (χ0n) is 11.2. The lowest BCUT2D eigenvalue weighted by Crippen LogP contribution is -2.21. The Morgan fingerprint density at radius 2 is 1.67 bits per heavy atom. The first-order valence-electron chi connectivity index (χ1n) is 5.74. The van der Waals surface area contributed by atoms with Crippen LogP contribution in [-0.2, 0) is 4.79 Å². The quantitative estimate of drug-likeness (QED) is 0.866. The van der Waals surface area contributed by atoms with Crippen LogP contribution in [0.5, 0.6) is 0 Å². The molecule has 0 atom stereocenters. The van der Waals surface area contributed by atoms with Crippen LogP contribution in [0.1, 0.15) is 43.1 Å². The molecule has 1 rings (SSSR count). The predicted molar refractivity (Wildman–Crippen MR) is 69.8 cm³/mol. The average molecular weight is 252 g/mol. The van der Waals surface area contributed by atoms with Gasteiger partial charge in [0.2, 0.25) is 0 Å². The monoisotopic (exact) mass is 252 g/mol. The molecular weight excluding hydrogens is 232 g/mol. The molecule has 0 spiro atoms. The van der Waals surface area contributed by atoms with Gasteiger partial charge in [-0.1, -0.05) is 25.1 Å². The van der Waals surface area contributed by atoms with Crippen LogP contribution in [0.25, 0.3) is 0 Å². The Hall–Kier alpha value is -1.84. The molecule has 0 aliphatic rings. The highest BCUT2D eigenvalue weighted by molar-refractivity contribution is 5.89. The summed E-state index contributed by atoms with van der Waals surface area (Å²) in [5.74, 6) is -1.59. The number of aromatic carboxylic acids is 1. The van der Waals surface area contributed by atoms with Crippen molar-refractivity contribution in [1.29, 1.82) is 0 Å². The van der Waals surface area contributed by atoms with E-state index in [-0.39, 0.29) is 0 Å². The van der Waals surface area contributed by atoms with Crippen molar-refractivity contribution < 1.29 is 19.8 Å². The molecule has 0 aromatic heterocycles. The van der Waals surface area contributed by atoms with Crippen molar-refractivity contribution >= 4 is 11.9 Å². The maximum atomic E-state index is 10.4. The molecule has 1 aromatic carbocycles. The summed E-state index contributed by atoms with van der Waals surface area (Å²) in [5.41, 5.74) is 0.637. The summed E-state index contributed by atoms with van der Waals surface area (Å²) in [4.78, 5) is 20.7. The van der Waals surface area contributed by atoms with Crippen LogP contribution >= 0.6 is 0 Å². The normalized spacial score (nSPS) is 10.2. The Labute approximate surface area is 107 Å². The van der Waals surface area contributed by atoms with Crippen LogP contribution in [0.4, 0.5) is 0 Å². The second-order valence-corrected chi connectivity index (χ2v) is 4.66. The van der Waals surface area contributed by atoms with Crippen LogP contribution in [-0.4, -0.2) is 22.2 Å². The van der Waals surface area contributed by atoms with E-state index in [9.17, 15) is 9.59 Å². The number of benzene rings is 1. The summed E-state index contributed by atoms with van der Waals surface area (Å²) in [6.45, 7) is 7.09. The fourth-order valence-electron chi connectivity index (χ4n) is 0.964. The lowest BCUT2D eigenvalue weighted by Gasteiger charge is -2.14. The van der Waals surface area contributed by atoms with Crippen LogP contribution in [0.15, 0.2) is 24.3 Å². The highest BCUT2D eigenvalue weighted by Gasteiger charge is 2.23. The van der Waals surface area contributed by atoms with Crippen molar-refractivity contribution in [3.63, 3.8) is 0 Å². The maximum absolute atomic E-state index is 10.4. The van der Waals surface area contributed by atoms with Gasteiger partial charge in [0.05, 0.1) is 11.0 Å². The molecule has 0 aliphatic carbocycles. The molecule has 0 saturated heterocycles. The summed E-state index contributed by atoms with van der Waals surface area (Å²) in [6.07, 6.45) is 0.683. The number of aliphatic carboxylic acids is 1. The summed E-state index contributed by atoms with van der Waals surface area (Å²) in [7, 11) is 0. The third-order valence-corrected chi connectivity index (χ3v) is 2.84. The number of carboxylic acid groups (broad SMARTS) is 2. The number of aryl methyl sites for hydroxylation is 1. The molecule has 0 amide bonds. The van der Waals surface area contributed by atoms with Gasteiger partial charge in [-0.2, -0.15) is 0 Å². The third kappa shape index (κ3) is 4.99. The number of carbonyl (C=O) groups is 2. The molecule has 0 fully saturated rings. The van der Waals surface area contributed by atoms with Gasteiger partial charge in [0.15, 0.2) is 0 Å². The van der Waals surface area contributed by atoms with Crippen LogP contribution in [0.2, 0.25) is 0 Å². The first kappa shape index (κ1) is 16.2. The second-order valence-electron chi connectivity index (χ2n) is 4.66. The minimum absolute atomic E-state index is 0.377. The molecule has 1 aromatic rings. The maximum Gasteiger partial charge on any atom is 0.335 e. The number of rotatable bonds is 3. The van der Waals surface area contributed by atoms with Gasteiger partial charge < -0.3 is 10.2 Å². The minimum atomic E-state index is -0.863. The van der Waals surface area contributed by atoms with Crippen molar-refractivity contribution in [1.82, 2.24) is 0 Å². The Balaban J connectivity index is 0.000000331. The van der Waals surface area contributed by atoms with E-state index in [1.54, 1.807) is 39.0 Å². The average Bonchev–Trinajstić information content (AvgIpc) is 2.30. The van der Waals surface area contributed by atoms with Crippen molar-refractivity contribution in [3.8, 4) is 0 Å². The van der Waals surface area contributed by atoms with E-state index in [0.29, 0.717) is 12.0 Å². The Morgan fingerprint density at radius 3 is 1.89 bits per heavy atom.